The fourth-order valence-electron chi connectivity index (χ4n) is 3.36. The van der Waals surface area contributed by atoms with E-state index >= 15 is 0 Å². The first-order valence-electron chi connectivity index (χ1n) is 11.0. The Labute approximate surface area is 202 Å². The first kappa shape index (κ1) is 23.3. The van der Waals surface area contributed by atoms with Gasteiger partial charge in [0, 0.05) is 11.4 Å². The number of aromatic nitrogens is 2. The molecule has 1 heterocycles. The number of hydrogen-bond acceptors (Lipinski definition) is 6. The van der Waals surface area contributed by atoms with E-state index in [0.29, 0.717) is 10.7 Å². The van der Waals surface area contributed by atoms with E-state index in [4.69, 9.17) is 0 Å². The molecule has 0 fully saturated rings. The molecule has 0 bridgehead atoms. The van der Waals surface area contributed by atoms with Gasteiger partial charge in [-0.3, -0.25) is 14.9 Å². The van der Waals surface area contributed by atoms with E-state index in [-0.39, 0.29) is 23.4 Å². The summed E-state index contributed by atoms with van der Waals surface area (Å²) in [6.07, 6.45) is 0.939. The van der Waals surface area contributed by atoms with Gasteiger partial charge < -0.3 is 10.6 Å². The van der Waals surface area contributed by atoms with Crippen molar-refractivity contribution in [3.8, 4) is 0 Å². The smallest absolute Gasteiger partial charge is 0.286 e. The fraction of sp³-hybridized carbons (Fsp3) is 0.154. The SMILES string of the molecule is CCc1ccc(NC(=O)c2nnc(CNC(C(=O)Nc3ccccc3)c3ccccc3)s2)cc1. The van der Waals surface area contributed by atoms with Crippen LogP contribution < -0.4 is 16.0 Å². The minimum Gasteiger partial charge on any atom is -0.324 e. The predicted molar refractivity (Wildman–Crippen MR) is 135 cm³/mol. The average molecular weight is 472 g/mol. The van der Waals surface area contributed by atoms with Crippen molar-refractivity contribution in [1.29, 1.82) is 0 Å². The second-order valence-electron chi connectivity index (χ2n) is 7.59. The van der Waals surface area contributed by atoms with Crippen molar-refractivity contribution >= 4 is 34.5 Å². The Morgan fingerprint density at radius 1 is 0.824 bits per heavy atom. The lowest BCUT2D eigenvalue weighted by atomic mass is 10.1. The van der Waals surface area contributed by atoms with Crippen LogP contribution in [0, 0.1) is 0 Å². The molecule has 1 aromatic heterocycles. The molecule has 0 saturated heterocycles. The highest BCUT2D eigenvalue weighted by molar-refractivity contribution is 7.13. The highest BCUT2D eigenvalue weighted by Crippen LogP contribution is 2.19. The largest absolute Gasteiger partial charge is 0.324 e. The number of rotatable bonds is 9. The van der Waals surface area contributed by atoms with Crippen LogP contribution in [0.2, 0.25) is 0 Å². The number of carbonyl (C=O) groups is 2. The molecule has 7 nitrogen and oxygen atoms in total. The first-order valence-corrected chi connectivity index (χ1v) is 11.8. The second kappa shape index (κ2) is 11.3. The van der Waals surface area contributed by atoms with E-state index < -0.39 is 6.04 Å². The van der Waals surface area contributed by atoms with E-state index in [9.17, 15) is 9.59 Å². The maximum atomic E-state index is 13.0. The van der Waals surface area contributed by atoms with E-state index in [1.807, 2.05) is 84.9 Å². The molecule has 4 rings (SSSR count). The fourth-order valence-corrected chi connectivity index (χ4v) is 4.04. The zero-order valence-electron chi connectivity index (χ0n) is 18.7. The minimum absolute atomic E-state index is 0.185. The number of nitrogens with zero attached hydrogens (tertiary/aromatic N) is 2. The van der Waals surface area contributed by atoms with Crippen LogP contribution in [0.5, 0.6) is 0 Å². The second-order valence-corrected chi connectivity index (χ2v) is 8.65. The van der Waals surface area contributed by atoms with Gasteiger partial charge in [0.05, 0.1) is 6.54 Å². The Hall–Kier alpha value is -3.88. The molecular formula is C26H25N5O2S. The third kappa shape index (κ3) is 6.12. The van der Waals surface area contributed by atoms with Crippen LogP contribution in [0.15, 0.2) is 84.9 Å². The van der Waals surface area contributed by atoms with Crippen molar-refractivity contribution in [3.63, 3.8) is 0 Å². The highest BCUT2D eigenvalue weighted by Gasteiger charge is 2.21. The highest BCUT2D eigenvalue weighted by atomic mass is 32.1. The number of hydrogen-bond donors (Lipinski definition) is 3. The molecule has 0 saturated carbocycles. The standard InChI is InChI=1S/C26H25N5O2S/c1-2-18-13-15-21(16-14-18)29-25(33)26-31-30-22(34-26)17-27-23(19-9-5-3-6-10-19)24(32)28-20-11-7-4-8-12-20/h3-16,23,27H,2,17H2,1H3,(H,28,32)(H,29,33). The third-order valence-corrected chi connectivity index (χ3v) is 6.10. The summed E-state index contributed by atoms with van der Waals surface area (Å²) < 4.78 is 0. The summed E-state index contributed by atoms with van der Waals surface area (Å²) in [5, 5.41) is 18.1. The number of aryl methyl sites for hydroxylation is 1. The Kier molecular flexibility index (Phi) is 7.75. The molecule has 2 amide bonds. The van der Waals surface area contributed by atoms with Gasteiger partial charge in [-0.15, -0.1) is 10.2 Å². The topological polar surface area (TPSA) is 96.0 Å². The van der Waals surface area contributed by atoms with Crippen molar-refractivity contribution in [2.24, 2.45) is 0 Å². The Balaban J connectivity index is 1.41. The monoisotopic (exact) mass is 471 g/mol. The minimum atomic E-state index is -0.598. The van der Waals surface area contributed by atoms with Crippen LogP contribution in [-0.4, -0.2) is 22.0 Å². The van der Waals surface area contributed by atoms with Crippen molar-refractivity contribution in [1.82, 2.24) is 15.5 Å². The molecule has 172 valence electrons. The van der Waals surface area contributed by atoms with Gasteiger partial charge in [-0.2, -0.15) is 0 Å². The van der Waals surface area contributed by atoms with Crippen LogP contribution in [0.3, 0.4) is 0 Å². The first-order chi connectivity index (χ1) is 16.6. The maximum absolute atomic E-state index is 13.0. The maximum Gasteiger partial charge on any atom is 0.286 e. The molecule has 1 atom stereocenters. The van der Waals surface area contributed by atoms with Crippen LogP contribution in [0.1, 0.15) is 38.9 Å². The third-order valence-electron chi connectivity index (χ3n) is 5.17. The Morgan fingerprint density at radius 3 is 2.15 bits per heavy atom. The molecule has 3 aromatic carbocycles. The molecule has 4 aromatic rings. The van der Waals surface area contributed by atoms with E-state index in [0.717, 1.165) is 17.7 Å². The van der Waals surface area contributed by atoms with Gasteiger partial charge in [-0.1, -0.05) is 78.9 Å². The Bertz CT molecular complexity index is 1230. The summed E-state index contributed by atoms with van der Waals surface area (Å²) in [5.74, 6) is -0.496. The van der Waals surface area contributed by atoms with Crippen molar-refractivity contribution in [2.45, 2.75) is 25.9 Å². The Morgan fingerprint density at radius 2 is 1.47 bits per heavy atom. The number of amides is 2. The number of para-hydroxylation sites is 1. The van der Waals surface area contributed by atoms with E-state index in [1.165, 1.54) is 16.9 Å². The van der Waals surface area contributed by atoms with Crippen molar-refractivity contribution in [2.75, 3.05) is 10.6 Å². The van der Waals surface area contributed by atoms with Crippen LogP contribution in [-0.2, 0) is 17.8 Å². The molecule has 8 heteroatoms. The molecule has 0 radical (unpaired) electrons. The molecule has 0 aliphatic carbocycles. The molecule has 0 spiro atoms. The van der Waals surface area contributed by atoms with E-state index in [1.54, 1.807) is 0 Å². The zero-order valence-corrected chi connectivity index (χ0v) is 19.5. The summed E-state index contributed by atoms with van der Waals surface area (Å²) in [5.41, 5.74) is 3.45. The van der Waals surface area contributed by atoms with Crippen molar-refractivity contribution < 1.29 is 9.59 Å². The van der Waals surface area contributed by atoms with Crippen LogP contribution in [0.25, 0.3) is 0 Å². The van der Waals surface area contributed by atoms with Crippen LogP contribution in [0.4, 0.5) is 11.4 Å². The summed E-state index contributed by atoms with van der Waals surface area (Å²) in [7, 11) is 0. The van der Waals surface area contributed by atoms with Gasteiger partial charge in [0.1, 0.15) is 11.0 Å². The summed E-state index contributed by atoms with van der Waals surface area (Å²) in [6.45, 7) is 2.37. The normalized spacial score (nSPS) is 11.6. The molecule has 1 unspecified atom stereocenters. The van der Waals surface area contributed by atoms with Gasteiger partial charge in [-0.25, -0.2) is 0 Å². The molecular weight excluding hydrogens is 446 g/mol. The van der Waals surface area contributed by atoms with Crippen molar-refractivity contribution in [3.05, 3.63) is 106 Å². The number of anilines is 2. The quantitative estimate of drug-likeness (QED) is 0.325. The van der Waals surface area contributed by atoms with E-state index in [2.05, 4.69) is 33.1 Å². The number of nitrogens with one attached hydrogen (secondary N) is 3. The van der Waals surface area contributed by atoms with Gasteiger partial charge in [-0.05, 0) is 41.8 Å². The molecule has 0 aliphatic heterocycles. The van der Waals surface area contributed by atoms with Gasteiger partial charge in [0.2, 0.25) is 10.9 Å². The van der Waals surface area contributed by atoms with Gasteiger partial charge >= 0.3 is 0 Å². The summed E-state index contributed by atoms with van der Waals surface area (Å²) in [4.78, 5) is 25.6. The molecule has 3 N–H and O–H groups in total. The molecule has 0 aliphatic rings. The number of benzene rings is 3. The summed E-state index contributed by atoms with van der Waals surface area (Å²) in [6, 6.07) is 25.9. The lowest BCUT2D eigenvalue weighted by Gasteiger charge is -2.18. The number of carbonyl (C=O) groups excluding carboxylic acids is 2. The summed E-state index contributed by atoms with van der Waals surface area (Å²) >= 11 is 1.19. The van der Waals surface area contributed by atoms with Gasteiger partial charge in [0.25, 0.3) is 5.91 Å². The average Bonchev–Trinajstić information content (AvgIpc) is 3.35. The lowest BCUT2D eigenvalue weighted by molar-refractivity contribution is -0.118. The van der Waals surface area contributed by atoms with Crippen LogP contribution >= 0.6 is 11.3 Å². The zero-order chi connectivity index (χ0) is 23.8. The molecule has 34 heavy (non-hydrogen) atoms. The predicted octanol–water partition coefficient (Wildman–Crippen LogP) is 4.82. The lowest BCUT2D eigenvalue weighted by Crippen LogP contribution is -2.32. The van der Waals surface area contributed by atoms with Gasteiger partial charge in [0.15, 0.2) is 0 Å².